The van der Waals surface area contributed by atoms with Gasteiger partial charge in [-0.1, -0.05) is 0 Å². The Morgan fingerprint density at radius 3 is 2.59 bits per heavy atom. The van der Waals surface area contributed by atoms with E-state index in [2.05, 4.69) is 68.9 Å². The number of rotatable bonds is 7. The van der Waals surface area contributed by atoms with Crippen LogP contribution in [0.1, 0.15) is 39.2 Å². The first-order valence-electron chi connectivity index (χ1n) is 6.28. The van der Waals surface area contributed by atoms with Crippen molar-refractivity contribution in [2.75, 3.05) is 5.75 Å². The summed E-state index contributed by atoms with van der Waals surface area (Å²) in [6.45, 7) is 6.90. The van der Waals surface area contributed by atoms with E-state index in [1.165, 1.54) is 24.2 Å². The standard InChI is InChI=1S/C15H22SSe/c1-4-5-11-16-15(17-13(2)3)12-14-9-7-6-8-10-14/h6-10,12-13H,4-5,11H2,1-3H3/b15-12+. The Morgan fingerprint density at radius 2 is 2.00 bits per heavy atom. The van der Waals surface area contributed by atoms with Crippen molar-refractivity contribution in [1.82, 2.24) is 0 Å². The van der Waals surface area contributed by atoms with Gasteiger partial charge in [0.05, 0.1) is 0 Å². The molecule has 17 heavy (non-hydrogen) atoms. The van der Waals surface area contributed by atoms with Crippen LogP contribution in [0.2, 0.25) is 4.82 Å². The van der Waals surface area contributed by atoms with Gasteiger partial charge in [0, 0.05) is 0 Å². The van der Waals surface area contributed by atoms with Crippen molar-refractivity contribution in [3.8, 4) is 0 Å². The molecule has 1 aromatic rings. The summed E-state index contributed by atoms with van der Waals surface area (Å²) < 4.78 is 1.59. The van der Waals surface area contributed by atoms with Crippen LogP contribution in [0, 0.1) is 0 Å². The summed E-state index contributed by atoms with van der Waals surface area (Å²) in [5.74, 6) is 1.27. The molecule has 0 unspecified atom stereocenters. The fraction of sp³-hybridized carbons (Fsp3) is 0.467. The van der Waals surface area contributed by atoms with Crippen LogP contribution in [0.5, 0.6) is 0 Å². The van der Waals surface area contributed by atoms with E-state index < -0.39 is 0 Å². The van der Waals surface area contributed by atoms with E-state index in [1.807, 2.05) is 0 Å². The molecule has 0 nitrogen and oxygen atoms in total. The number of unbranched alkanes of at least 4 members (excludes halogenated alkanes) is 1. The van der Waals surface area contributed by atoms with Gasteiger partial charge in [-0.15, -0.1) is 0 Å². The van der Waals surface area contributed by atoms with Gasteiger partial charge in [-0.05, 0) is 0 Å². The number of thioether (sulfide) groups is 1. The second kappa shape index (κ2) is 8.85. The molecule has 0 N–H and O–H groups in total. The van der Waals surface area contributed by atoms with Gasteiger partial charge < -0.3 is 0 Å². The van der Waals surface area contributed by atoms with Crippen LogP contribution in [0.15, 0.2) is 34.1 Å². The molecule has 0 aliphatic rings. The molecule has 0 fully saturated rings. The molecule has 1 rings (SSSR count). The van der Waals surface area contributed by atoms with Crippen LogP contribution < -0.4 is 0 Å². The zero-order valence-electron chi connectivity index (χ0n) is 11.0. The predicted octanol–water partition coefficient (Wildman–Crippen LogP) is 5.05. The molecule has 0 saturated carbocycles. The van der Waals surface area contributed by atoms with E-state index in [4.69, 9.17) is 0 Å². The van der Waals surface area contributed by atoms with Crippen molar-refractivity contribution >= 4 is 32.8 Å². The molecule has 94 valence electrons. The van der Waals surface area contributed by atoms with Gasteiger partial charge in [-0.25, -0.2) is 0 Å². The Bertz CT molecular complexity index is 330. The van der Waals surface area contributed by atoms with Gasteiger partial charge in [-0.3, -0.25) is 0 Å². The second-order valence-electron chi connectivity index (χ2n) is 4.24. The molecule has 0 amide bonds. The second-order valence-corrected chi connectivity index (χ2v) is 9.36. The molecule has 0 saturated heterocycles. The van der Waals surface area contributed by atoms with Gasteiger partial charge in [0.15, 0.2) is 0 Å². The molecular weight excluding hydrogens is 291 g/mol. The van der Waals surface area contributed by atoms with Gasteiger partial charge in [0.25, 0.3) is 0 Å². The van der Waals surface area contributed by atoms with Crippen molar-refractivity contribution < 1.29 is 0 Å². The first kappa shape index (κ1) is 14.9. The zero-order valence-corrected chi connectivity index (χ0v) is 13.5. The van der Waals surface area contributed by atoms with E-state index in [1.54, 1.807) is 3.80 Å². The zero-order chi connectivity index (χ0) is 12.5. The molecule has 0 aliphatic heterocycles. The molecule has 0 atom stereocenters. The Hall–Kier alpha value is -0.171. The molecule has 0 radical (unpaired) electrons. The minimum atomic E-state index is 0.619. The van der Waals surface area contributed by atoms with Crippen LogP contribution in [0.25, 0.3) is 6.08 Å². The molecular formula is C15H22SSe. The van der Waals surface area contributed by atoms with Crippen molar-refractivity contribution in [3.05, 3.63) is 39.7 Å². The fourth-order valence-electron chi connectivity index (χ4n) is 1.34. The van der Waals surface area contributed by atoms with E-state index in [0.29, 0.717) is 15.0 Å². The molecule has 0 spiro atoms. The Balaban J connectivity index is 2.64. The van der Waals surface area contributed by atoms with Crippen LogP contribution in [-0.2, 0) is 0 Å². The maximum atomic E-state index is 2.38. The quantitative estimate of drug-likeness (QED) is 0.501. The molecule has 2 heteroatoms. The monoisotopic (exact) mass is 314 g/mol. The van der Waals surface area contributed by atoms with Gasteiger partial charge in [-0.2, -0.15) is 0 Å². The average molecular weight is 313 g/mol. The minimum absolute atomic E-state index is 0.619. The van der Waals surface area contributed by atoms with E-state index in [9.17, 15) is 0 Å². The summed E-state index contributed by atoms with van der Waals surface area (Å²) >= 11 is 2.68. The SMILES string of the molecule is CCCCS/C(=C\c1ccccc1)[Se]C(C)C. The van der Waals surface area contributed by atoms with Gasteiger partial charge in [0.2, 0.25) is 0 Å². The molecule has 1 aromatic carbocycles. The normalized spacial score (nSPS) is 12.1. The Labute approximate surface area is 116 Å². The third-order valence-corrected chi connectivity index (χ3v) is 6.04. The number of hydrogen-bond acceptors (Lipinski definition) is 1. The van der Waals surface area contributed by atoms with Crippen molar-refractivity contribution in [3.63, 3.8) is 0 Å². The third kappa shape index (κ3) is 6.98. The summed E-state index contributed by atoms with van der Waals surface area (Å²) in [4.78, 5) is 0.798. The summed E-state index contributed by atoms with van der Waals surface area (Å²) in [5, 5.41) is 0. The molecule has 0 bridgehead atoms. The number of benzene rings is 1. The molecule has 0 aliphatic carbocycles. The van der Waals surface area contributed by atoms with Crippen LogP contribution in [-0.4, -0.2) is 20.7 Å². The first-order valence-corrected chi connectivity index (χ1v) is 9.11. The Kier molecular flexibility index (Phi) is 7.75. The Morgan fingerprint density at radius 1 is 1.29 bits per heavy atom. The van der Waals surface area contributed by atoms with Crippen molar-refractivity contribution in [2.45, 2.75) is 38.4 Å². The van der Waals surface area contributed by atoms with Crippen LogP contribution in [0.3, 0.4) is 0 Å². The molecule has 0 aromatic heterocycles. The van der Waals surface area contributed by atoms with E-state index in [-0.39, 0.29) is 0 Å². The van der Waals surface area contributed by atoms with E-state index in [0.717, 1.165) is 4.82 Å². The summed E-state index contributed by atoms with van der Waals surface area (Å²) in [6, 6.07) is 10.7. The summed E-state index contributed by atoms with van der Waals surface area (Å²) in [6.07, 6.45) is 4.99. The van der Waals surface area contributed by atoms with Gasteiger partial charge in [0.1, 0.15) is 0 Å². The summed E-state index contributed by atoms with van der Waals surface area (Å²) in [7, 11) is 0. The third-order valence-electron chi connectivity index (χ3n) is 2.18. The molecule has 0 heterocycles. The predicted molar refractivity (Wildman–Crippen MR) is 82.6 cm³/mol. The first-order chi connectivity index (χ1) is 8.22. The van der Waals surface area contributed by atoms with Crippen molar-refractivity contribution in [2.24, 2.45) is 0 Å². The average Bonchev–Trinajstić information content (AvgIpc) is 2.30. The fourth-order valence-corrected chi connectivity index (χ4v) is 5.62. The van der Waals surface area contributed by atoms with Gasteiger partial charge >= 0.3 is 117 Å². The number of hydrogen-bond donors (Lipinski definition) is 0. The van der Waals surface area contributed by atoms with E-state index >= 15 is 0 Å². The maximum absolute atomic E-state index is 2.38. The van der Waals surface area contributed by atoms with Crippen LogP contribution in [0.4, 0.5) is 0 Å². The summed E-state index contributed by atoms with van der Waals surface area (Å²) in [5.41, 5.74) is 1.34. The van der Waals surface area contributed by atoms with Crippen molar-refractivity contribution in [1.29, 1.82) is 0 Å². The topological polar surface area (TPSA) is 0 Å². The van der Waals surface area contributed by atoms with Crippen LogP contribution >= 0.6 is 11.8 Å².